The number of halogens is 1. The fourth-order valence-electron chi connectivity index (χ4n) is 1.97. The summed E-state index contributed by atoms with van der Waals surface area (Å²) in [5, 5.41) is 3.90. The molecule has 0 saturated heterocycles. The predicted molar refractivity (Wildman–Crippen MR) is 72.7 cm³/mol. The molecule has 100 valence electrons. The van der Waals surface area contributed by atoms with E-state index in [4.69, 9.17) is 4.74 Å². The predicted octanol–water partition coefficient (Wildman–Crippen LogP) is 2.75. The molecule has 0 bridgehead atoms. The van der Waals surface area contributed by atoms with Crippen LogP contribution >= 0.6 is 0 Å². The highest BCUT2D eigenvalue weighted by Crippen LogP contribution is 2.21. The lowest BCUT2D eigenvalue weighted by molar-refractivity contribution is 0.0950. The molecule has 0 fully saturated rings. The van der Waals surface area contributed by atoms with Crippen LogP contribution in [0.4, 0.5) is 4.39 Å². The second-order valence-electron chi connectivity index (χ2n) is 4.24. The Kier molecular flexibility index (Phi) is 4.47. The maximum Gasteiger partial charge on any atom is 0.251 e. The van der Waals surface area contributed by atoms with Gasteiger partial charge in [-0.05, 0) is 23.9 Å². The summed E-state index contributed by atoms with van der Waals surface area (Å²) in [4.78, 5) is 12.1. The van der Waals surface area contributed by atoms with Gasteiger partial charge in [-0.3, -0.25) is 4.79 Å². The molecule has 1 N–H and O–H groups in total. The highest BCUT2D eigenvalue weighted by Gasteiger charge is 2.11. The van der Waals surface area contributed by atoms with Gasteiger partial charge in [0.15, 0.2) is 0 Å². The number of nitrogens with one attached hydrogen (secondary N) is 1. The minimum atomic E-state index is -0.313. The molecule has 1 amide bonds. The van der Waals surface area contributed by atoms with Crippen LogP contribution in [0.3, 0.4) is 0 Å². The maximum absolute atomic E-state index is 13.6. The van der Waals surface area contributed by atoms with E-state index in [0.29, 0.717) is 29.5 Å². The zero-order valence-electron chi connectivity index (χ0n) is 10.8. The zero-order chi connectivity index (χ0) is 13.7. The van der Waals surface area contributed by atoms with Crippen molar-refractivity contribution in [1.82, 2.24) is 5.32 Å². The second-order valence-corrected chi connectivity index (χ2v) is 4.24. The second kappa shape index (κ2) is 6.29. The minimum Gasteiger partial charge on any atom is -0.385 e. The lowest BCUT2D eigenvalue weighted by atomic mass is 10.0. The molecule has 0 radical (unpaired) electrons. The number of benzene rings is 2. The van der Waals surface area contributed by atoms with Gasteiger partial charge in [0.25, 0.3) is 5.91 Å². The van der Waals surface area contributed by atoms with Crippen molar-refractivity contribution in [2.75, 3.05) is 20.3 Å². The summed E-state index contributed by atoms with van der Waals surface area (Å²) >= 11 is 0. The van der Waals surface area contributed by atoms with E-state index < -0.39 is 0 Å². The van der Waals surface area contributed by atoms with Crippen LogP contribution in [0, 0.1) is 5.82 Å². The fourth-order valence-corrected chi connectivity index (χ4v) is 1.97. The molecule has 0 unspecified atom stereocenters. The van der Waals surface area contributed by atoms with E-state index in [0.717, 1.165) is 6.42 Å². The van der Waals surface area contributed by atoms with E-state index in [1.54, 1.807) is 31.4 Å². The molecule has 0 spiro atoms. The number of hydrogen-bond donors (Lipinski definition) is 1. The number of hydrogen-bond acceptors (Lipinski definition) is 2. The molecule has 0 heterocycles. The standard InChI is InChI=1S/C15H16FNO2/c1-19-10-4-9-17-15(18)13-7-8-14(16)12-6-3-2-5-11(12)13/h2-3,5-8H,4,9-10H2,1H3,(H,17,18). The Bertz CT molecular complexity index is 583. The summed E-state index contributed by atoms with van der Waals surface area (Å²) < 4.78 is 18.5. The van der Waals surface area contributed by atoms with Crippen molar-refractivity contribution in [2.45, 2.75) is 6.42 Å². The first-order valence-electron chi connectivity index (χ1n) is 6.18. The van der Waals surface area contributed by atoms with E-state index >= 15 is 0 Å². The SMILES string of the molecule is COCCCNC(=O)c1ccc(F)c2ccccc12. The van der Waals surface area contributed by atoms with Gasteiger partial charge >= 0.3 is 0 Å². The van der Waals surface area contributed by atoms with Gasteiger partial charge in [-0.2, -0.15) is 0 Å². The largest absolute Gasteiger partial charge is 0.385 e. The van der Waals surface area contributed by atoms with Crippen molar-refractivity contribution >= 4 is 16.7 Å². The molecule has 0 aliphatic rings. The minimum absolute atomic E-state index is 0.188. The Morgan fingerprint density at radius 3 is 2.68 bits per heavy atom. The van der Waals surface area contributed by atoms with Gasteiger partial charge in [-0.15, -0.1) is 0 Å². The molecule has 2 rings (SSSR count). The Balaban J connectivity index is 2.20. The van der Waals surface area contributed by atoms with Crippen LogP contribution in [-0.2, 0) is 4.74 Å². The highest BCUT2D eigenvalue weighted by molar-refractivity contribution is 6.07. The van der Waals surface area contributed by atoms with Crippen molar-refractivity contribution in [1.29, 1.82) is 0 Å². The van der Waals surface area contributed by atoms with Crippen LogP contribution in [-0.4, -0.2) is 26.2 Å². The Hall–Kier alpha value is -1.94. The van der Waals surface area contributed by atoms with Gasteiger partial charge in [0.1, 0.15) is 5.82 Å². The molecule has 4 heteroatoms. The third-order valence-electron chi connectivity index (χ3n) is 2.93. The number of carbonyl (C=O) groups excluding carboxylic acids is 1. The first-order chi connectivity index (χ1) is 9.24. The van der Waals surface area contributed by atoms with Crippen LogP contribution in [0.15, 0.2) is 36.4 Å². The van der Waals surface area contributed by atoms with Gasteiger partial charge in [-0.25, -0.2) is 4.39 Å². The number of methoxy groups -OCH3 is 1. The molecule has 0 saturated carbocycles. The summed E-state index contributed by atoms with van der Waals surface area (Å²) in [5.41, 5.74) is 0.495. The van der Waals surface area contributed by atoms with Crippen molar-refractivity contribution in [3.8, 4) is 0 Å². The number of carbonyl (C=O) groups is 1. The van der Waals surface area contributed by atoms with Crippen molar-refractivity contribution in [2.24, 2.45) is 0 Å². The number of rotatable bonds is 5. The topological polar surface area (TPSA) is 38.3 Å². The van der Waals surface area contributed by atoms with E-state index in [9.17, 15) is 9.18 Å². The summed E-state index contributed by atoms with van der Waals surface area (Å²) in [6, 6.07) is 9.82. The van der Waals surface area contributed by atoms with Crippen LogP contribution in [0.1, 0.15) is 16.8 Å². The lowest BCUT2D eigenvalue weighted by Crippen LogP contribution is -2.25. The molecule has 0 atom stereocenters. The molecule has 3 nitrogen and oxygen atoms in total. The van der Waals surface area contributed by atoms with Crippen LogP contribution in [0.2, 0.25) is 0 Å². The third kappa shape index (κ3) is 3.09. The van der Waals surface area contributed by atoms with E-state index in [1.807, 2.05) is 0 Å². The summed E-state index contributed by atoms with van der Waals surface area (Å²) in [5.74, 6) is -0.501. The molecule has 2 aromatic carbocycles. The monoisotopic (exact) mass is 261 g/mol. The van der Waals surface area contributed by atoms with E-state index in [1.165, 1.54) is 12.1 Å². The van der Waals surface area contributed by atoms with Crippen LogP contribution < -0.4 is 5.32 Å². The first-order valence-corrected chi connectivity index (χ1v) is 6.18. The van der Waals surface area contributed by atoms with Gasteiger partial charge in [0, 0.05) is 31.2 Å². The quantitative estimate of drug-likeness (QED) is 0.840. The van der Waals surface area contributed by atoms with Gasteiger partial charge in [0.2, 0.25) is 0 Å². The zero-order valence-corrected chi connectivity index (χ0v) is 10.8. The van der Waals surface area contributed by atoms with E-state index in [-0.39, 0.29) is 11.7 Å². The molecular weight excluding hydrogens is 245 g/mol. The van der Waals surface area contributed by atoms with Crippen molar-refractivity contribution in [3.05, 3.63) is 47.8 Å². The highest BCUT2D eigenvalue weighted by atomic mass is 19.1. The molecule has 0 aliphatic heterocycles. The molecule has 2 aromatic rings. The van der Waals surface area contributed by atoms with Crippen LogP contribution in [0.5, 0.6) is 0 Å². The van der Waals surface area contributed by atoms with Gasteiger partial charge in [-0.1, -0.05) is 24.3 Å². The summed E-state index contributed by atoms with van der Waals surface area (Å²) in [7, 11) is 1.62. The first kappa shape index (κ1) is 13.5. The number of ether oxygens (including phenoxy) is 1. The van der Waals surface area contributed by atoms with Gasteiger partial charge < -0.3 is 10.1 Å². The normalized spacial score (nSPS) is 10.6. The van der Waals surface area contributed by atoms with Crippen LogP contribution in [0.25, 0.3) is 10.8 Å². The molecule has 0 aromatic heterocycles. The maximum atomic E-state index is 13.6. The Morgan fingerprint density at radius 2 is 1.95 bits per heavy atom. The van der Waals surface area contributed by atoms with Crippen molar-refractivity contribution in [3.63, 3.8) is 0 Å². The summed E-state index contributed by atoms with van der Waals surface area (Å²) in [6.45, 7) is 1.14. The molecule has 19 heavy (non-hydrogen) atoms. The Labute approximate surface area is 111 Å². The number of fused-ring (bicyclic) bond motifs is 1. The van der Waals surface area contributed by atoms with E-state index in [2.05, 4.69) is 5.32 Å². The average Bonchev–Trinajstić information content (AvgIpc) is 2.44. The summed E-state index contributed by atoms with van der Waals surface area (Å²) in [6.07, 6.45) is 0.751. The molecular formula is C15H16FNO2. The smallest absolute Gasteiger partial charge is 0.251 e. The average molecular weight is 261 g/mol. The fraction of sp³-hybridized carbons (Fsp3) is 0.267. The Morgan fingerprint density at radius 1 is 1.21 bits per heavy atom. The molecule has 0 aliphatic carbocycles. The van der Waals surface area contributed by atoms with Gasteiger partial charge in [0.05, 0.1) is 0 Å². The number of amides is 1. The third-order valence-corrected chi connectivity index (χ3v) is 2.93. The van der Waals surface area contributed by atoms with Crippen molar-refractivity contribution < 1.29 is 13.9 Å². The lowest BCUT2D eigenvalue weighted by Gasteiger charge is -2.08.